The van der Waals surface area contributed by atoms with E-state index in [4.69, 9.17) is 18.9 Å². The molecule has 2 atom stereocenters. The first-order valence-corrected chi connectivity index (χ1v) is 9.32. The van der Waals surface area contributed by atoms with Crippen molar-refractivity contribution in [1.82, 2.24) is 10.3 Å². The lowest BCUT2D eigenvalue weighted by Crippen LogP contribution is -2.51. The first-order valence-electron chi connectivity index (χ1n) is 8.38. The Kier molecular flexibility index (Phi) is 6.82. The Balaban J connectivity index is 1.49. The van der Waals surface area contributed by atoms with Crippen LogP contribution in [0.25, 0.3) is 0 Å². The lowest BCUT2D eigenvalue weighted by molar-refractivity contribution is -0.128. The summed E-state index contributed by atoms with van der Waals surface area (Å²) in [5.41, 5.74) is 2.67. The van der Waals surface area contributed by atoms with Gasteiger partial charge in [0.15, 0.2) is 18.1 Å². The highest BCUT2D eigenvalue weighted by Crippen LogP contribution is 2.25. The summed E-state index contributed by atoms with van der Waals surface area (Å²) in [5, 5.41) is 4.89. The van der Waals surface area contributed by atoms with E-state index in [-0.39, 0.29) is 24.7 Å². The van der Waals surface area contributed by atoms with Crippen LogP contribution in [0.5, 0.6) is 11.5 Å². The van der Waals surface area contributed by atoms with Crippen molar-refractivity contribution in [2.45, 2.75) is 25.2 Å². The van der Waals surface area contributed by atoms with Crippen LogP contribution in [0.3, 0.4) is 0 Å². The van der Waals surface area contributed by atoms with Crippen LogP contribution in [-0.2, 0) is 20.9 Å². The number of hydrogen-bond donors (Lipinski definition) is 1. The van der Waals surface area contributed by atoms with Crippen molar-refractivity contribution in [3.05, 3.63) is 40.8 Å². The molecule has 1 amide bonds. The maximum atomic E-state index is 12.3. The van der Waals surface area contributed by atoms with E-state index in [0.717, 1.165) is 12.1 Å². The molecule has 0 radical (unpaired) electrons. The maximum Gasteiger partial charge on any atom is 0.258 e. The number of nitrogens with zero attached hydrogens (tertiary/aromatic N) is 1. The Morgan fingerprint density at radius 1 is 1.38 bits per heavy atom. The molecule has 0 bridgehead atoms. The smallest absolute Gasteiger partial charge is 0.258 e. The molecule has 0 aliphatic carbocycles. The summed E-state index contributed by atoms with van der Waals surface area (Å²) in [6.45, 7) is 1.36. The van der Waals surface area contributed by atoms with Crippen molar-refractivity contribution in [3.63, 3.8) is 0 Å². The van der Waals surface area contributed by atoms with Gasteiger partial charge in [0.2, 0.25) is 0 Å². The summed E-state index contributed by atoms with van der Waals surface area (Å²) in [5.74, 6) is 0.890. The zero-order chi connectivity index (χ0) is 18.2. The Morgan fingerprint density at radius 2 is 2.23 bits per heavy atom. The number of methoxy groups -OCH3 is 1. The van der Waals surface area contributed by atoms with Gasteiger partial charge >= 0.3 is 0 Å². The van der Waals surface area contributed by atoms with Gasteiger partial charge in [-0.15, -0.1) is 11.3 Å². The number of hydrogen-bond acceptors (Lipinski definition) is 7. The lowest BCUT2D eigenvalue weighted by atomic mass is 10.1. The molecule has 1 aromatic heterocycles. The van der Waals surface area contributed by atoms with Crippen molar-refractivity contribution in [2.75, 3.05) is 26.9 Å². The van der Waals surface area contributed by atoms with Gasteiger partial charge in [-0.1, -0.05) is 12.1 Å². The van der Waals surface area contributed by atoms with Gasteiger partial charge in [0.05, 0.1) is 43.7 Å². The molecule has 0 saturated carbocycles. The van der Waals surface area contributed by atoms with E-state index in [0.29, 0.717) is 31.3 Å². The van der Waals surface area contributed by atoms with Gasteiger partial charge < -0.3 is 24.3 Å². The summed E-state index contributed by atoms with van der Waals surface area (Å²) in [6.07, 6.45) is 0.614. The van der Waals surface area contributed by atoms with Gasteiger partial charge in [0.1, 0.15) is 0 Å². The lowest BCUT2D eigenvalue weighted by Gasteiger charge is -2.31. The normalized spacial score (nSPS) is 19.7. The summed E-state index contributed by atoms with van der Waals surface area (Å²) in [4.78, 5) is 16.5. The number of carbonyl (C=O) groups excluding carboxylic acids is 1. The third-order valence-electron chi connectivity index (χ3n) is 4.00. The average Bonchev–Trinajstić information content (AvgIpc) is 3.19. The number of rotatable bonds is 8. The monoisotopic (exact) mass is 378 g/mol. The van der Waals surface area contributed by atoms with Crippen molar-refractivity contribution < 1.29 is 23.7 Å². The number of thiazole rings is 1. The molecule has 26 heavy (non-hydrogen) atoms. The van der Waals surface area contributed by atoms with Gasteiger partial charge in [-0.05, 0) is 18.6 Å². The number of para-hydroxylation sites is 2. The van der Waals surface area contributed by atoms with Crippen molar-refractivity contribution in [3.8, 4) is 11.5 Å². The molecule has 1 N–H and O–H groups in total. The molecule has 1 aliphatic rings. The first-order chi connectivity index (χ1) is 12.8. The SMILES string of the molecule is COc1ccccc1OCC(=O)N[C@@H]1COCC[C@@H]1OCc1cscn1. The van der Waals surface area contributed by atoms with Crippen LogP contribution in [-0.4, -0.2) is 50.0 Å². The largest absolute Gasteiger partial charge is 0.493 e. The minimum atomic E-state index is -0.228. The van der Waals surface area contributed by atoms with E-state index in [2.05, 4.69) is 10.3 Å². The minimum Gasteiger partial charge on any atom is -0.493 e. The summed E-state index contributed by atoms with van der Waals surface area (Å²) in [6, 6.07) is 7.00. The van der Waals surface area contributed by atoms with E-state index in [9.17, 15) is 4.79 Å². The number of carbonyl (C=O) groups is 1. The Labute approximate surface area is 156 Å². The van der Waals surface area contributed by atoms with Crippen LogP contribution in [0.4, 0.5) is 0 Å². The van der Waals surface area contributed by atoms with Crippen LogP contribution in [0.1, 0.15) is 12.1 Å². The fraction of sp³-hybridized carbons (Fsp3) is 0.444. The molecule has 1 aliphatic heterocycles. The predicted octanol–water partition coefficient (Wildman–Crippen LogP) is 2.02. The average molecular weight is 378 g/mol. The quantitative estimate of drug-likeness (QED) is 0.757. The molecule has 1 fully saturated rings. The first kappa shape index (κ1) is 18.6. The maximum absolute atomic E-state index is 12.3. The standard InChI is InChI=1S/C18H22N2O5S/c1-22-16-4-2-3-5-17(16)25-10-18(21)20-14-9-23-7-6-15(14)24-8-13-11-26-12-19-13/h2-5,11-12,14-15H,6-10H2,1H3,(H,20,21)/t14-,15+/m1/s1. The topological polar surface area (TPSA) is 78.9 Å². The zero-order valence-electron chi connectivity index (χ0n) is 14.6. The van der Waals surface area contributed by atoms with E-state index in [1.165, 1.54) is 11.3 Å². The van der Waals surface area contributed by atoms with Crippen LogP contribution >= 0.6 is 11.3 Å². The molecular weight excluding hydrogens is 356 g/mol. The van der Waals surface area contributed by atoms with Crippen LogP contribution in [0.15, 0.2) is 35.2 Å². The molecule has 2 heterocycles. The molecule has 1 saturated heterocycles. The second-order valence-corrected chi connectivity index (χ2v) is 6.53. The van der Waals surface area contributed by atoms with E-state index in [1.54, 1.807) is 24.8 Å². The zero-order valence-corrected chi connectivity index (χ0v) is 15.4. The van der Waals surface area contributed by atoms with Gasteiger partial charge in [-0.25, -0.2) is 4.98 Å². The van der Waals surface area contributed by atoms with Crippen LogP contribution in [0.2, 0.25) is 0 Å². The van der Waals surface area contributed by atoms with Gasteiger partial charge in [0, 0.05) is 12.0 Å². The Morgan fingerprint density at radius 3 is 3.00 bits per heavy atom. The van der Waals surface area contributed by atoms with Gasteiger partial charge in [-0.3, -0.25) is 4.79 Å². The van der Waals surface area contributed by atoms with Crippen LogP contribution < -0.4 is 14.8 Å². The highest BCUT2D eigenvalue weighted by molar-refractivity contribution is 7.07. The van der Waals surface area contributed by atoms with Gasteiger partial charge in [-0.2, -0.15) is 0 Å². The second-order valence-electron chi connectivity index (χ2n) is 5.81. The third kappa shape index (κ3) is 5.17. The summed E-state index contributed by atoms with van der Waals surface area (Å²) in [7, 11) is 1.56. The summed E-state index contributed by atoms with van der Waals surface area (Å²) < 4.78 is 22.2. The molecule has 140 valence electrons. The van der Waals surface area contributed by atoms with Crippen molar-refractivity contribution in [1.29, 1.82) is 0 Å². The molecule has 8 heteroatoms. The second kappa shape index (κ2) is 9.51. The summed E-state index contributed by atoms with van der Waals surface area (Å²) >= 11 is 1.53. The number of amides is 1. The minimum absolute atomic E-state index is 0.102. The Bertz CT molecular complexity index is 695. The number of ether oxygens (including phenoxy) is 4. The number of aromatic nitrogens is 1. The third-order valence-corrected chi connectivity index (χ3v) is 4.63. The molecule has 7 nitrogen and oxygen atoms in total. The fourth-order valence-corrected chi connectivity index (χ4v) is 3.23. The fourth-order valence-electron chi connectivity index (χ4n) is 2.68. The molecule has 0 spiro atoms. The van der Waals surface area contributed by atoms with Crippen molar-refractivity contribution >= 4 is 17.2 Å². The van der Waals surface area contributed by atoms with Gasteiger partial charge in [0.25, 0.3) is 5.91 Å². The Hall–Kier alpha value is -2.16. The highest BCUT2D eigenvalue weighted by atomic mass is 32.1. The molecular formula is C18H22N2O5S. The molecule has 1 aromatic carbocycles. The van der Waals surface area contributed by atoms with Crippen LogP contribution in [0, 0.1) is 0 Å². The predicted molar refractivity (Wildman–Crippen MR) is 96.5 cm³/mol. The van der Waals surface area contributed by atoms with E-state index >= 15 is 0 Å². The van der Waals surface area contributed by atoms with E-state index in [1.807, 2.05) is 17.5 Å². The van der Waals surface area contributed by atoms with Crippen molar-refractivity contribution in [2.24, 2.45) is 0 Å². The molecule has 2 aromatic rings. The van der Waals surface area contributed by atoms with E-state index < -0.39 is 0 Å². The number of benzene rings is 1. The molecule has 3 rings (SSSR count). The highest BCUT2D eigenvalue weighted by Gasteiger charge is 2.28. The molecule has 0 unspecified atom stereocenters. The number of nitrogens with one attached hydrogen (secondary N) is 1.